The average molecular weight is 346 g/mol. The van der Waals surface area contributed by atoms with Crippen LogP contribution in [0.4, 0.5) is 0 Å². The van der Waals surface area contributed by atoms with Crippen molar-refractivity contribution in [2.75, 3.05) is 0 Å². The highest BCUT2D eigenvalue weighted by Gasteiger charge is 2.12. The van der Waals surface area contributed by atoms with Crippen LogP contribution in [0.5, 0.6) is 0 Å². The molecule has 0 N–H and O–H groups in total. The van der Waals surface area contributed by atoms with E-state index in [4.69, 9.17) is 4.99 Å². The molecule has 0 bridgehead atoms. The summed E-state index contributed by atoms with van der Waals surface area (Å²) < 4.78 is 0. The third kappa shape index (κ3) is 4.08. The largest absolute Gasteiger partial charge is 0.282 e. The Morgan fingerprint density at radius 1 is 0.680 bits per heavy atom. The lowest BCUT2D eigenvalue weighted by Gasteiger charge is -2.17. The maximum Gasteiger partial charge on any atom is 0.0606 e. The molecule has 4 rings (SSSR count). The summed E-state index contributed by atoms with van der Waals surface area (Å²) in [5, 5.41) is 1.13. The van der Waals surface area contributed by atoms with E-state index >= 15 is 0 Å². The molecule has 126 valence electrons. The molecule has 1 saturated carbocycles. The van der Waals surface area contributed by atoms with Gasteiger partial charge in [0.05, 0.1) is 11.4 Å². The van der Waals surface area contributed by atoms with Crippen molar-refractivity contribution in [2.24, 2.45) is 4.99 Å². The fraction of sp³-hybridized carbons (Fsp3) is 0.261. The van der Waals surface area contributed by atoms with Gasteiger partial charge in [-0.05, 0) is 36.1 Å². The van der Waals surface area contributed by atoms with Crippen molar-refractivity contribution in [1.29, 1.82) is 0 Å². The van der Waals surface area contributed by atoms with Crippen LogP contribution in [0.2, 0.25) is 0 Å². The second-order valence-electron chi connectivity index (χ2n) is 6.70. The molecule has 2 aromatic carbocycles. The van der Waals surface area contributed by atoms with Crippen LogP contribution in [0.1, 0.15) is 32.1 Å². The predicted molar refractivity (Wildman–Crippen MR) is 108 cm³/mol. The molecule has 1 aromatic heterocycles. The van der Waals surface area contributed by atoms with E-state index in [9.17, 15) is 0 Å². The Morgan fingerprint density at radius 2 is 1.20 bits per heavy atom. The van der Waals surface area contributed by atoms with Crippen molar-refractivity contribution in [2.45, 2.75) is 38.1 Å². The zero-order valence-corrected chi connectivity index (χ0v) is 15.2. The minimum Gasteiger partial charge on any atom is -0.282 e. The lowest BCUT2D eigenvalue weighted by molar-refractivity contribution is 0.437. The fourth-order valence-electron chi connectivity index (χ4n) is 3.47. The normalized spacial score (nSPS) is 15.0. The van der Waals surface area contributed by atoms with Gasteiger partial charge in [-0.25, -0.2) is 0 Å². The van der Waals surface area contributed by atoms with Crippen LogP contribution in [-0.2, 0) is 0 Å². The molecule has 0 atom stereocenters. The highest BCUT2D eigenvalue weighted by atomic mass is 32.1. The van der Waals surface area contributed by atoms with Gasteiger partial charge in [-0.3, -0.25) is 4.99 Å². The zero-order chi connectivity index (χ0) is 16.9. The van der Waals surface area contributed by atoms with E-state index in [1.807, 2.05) is 11.3 Å². The molecule has 0 saturated heterocycles. The first-order valence-corrected chi connectivity index (χ1v) is 10.00. The van der Waals surface area contributed by atoms with Crippen LogP contribution in [0.25, 0.3) is 20.9 Å². The Bertz CT molecular complexity index is 814. The summed E-state index contributed by atoms with van der Waals surface area (Å²) >= 11 is 1.84. The molecule has 3 aromatic rings. The van der Waals surface area contributed by atoms with Gasteiger partial charge in [-0.15, -0.1) is 11.3 Å². The van der Waals surface area contributed by atoms with Crippen LogP contribution in [0.3, 0.4) is 0 Å². The number of nitrogens with zero attached hydrogens (tertiary/aromatic N) is 1. The maximum atomic E-state index is 5.10. The third-order valence-corrected chi connectivity index (χ3v) is 5.95. The predicted octanol–water partition coefficient (Wildman–Crippen LogP) is 6.32. The Labute approximate surface area is 153 Å². The van der Waals surface area contributed by atoms with Crippen LogP contribution in [0, 0.1) is 0 Å². The third-order valence-electron chi connectivity index (χ3n) is 4.80. The van der Waals surface area contributed by atoms with Gasteiger partial charge in [0.15, 0.2) is 0 Å². The van der Waals surface area contributed by atoms with Gasteiger partial charge in [0.2, 0.25) is 0 Å². The van der Waals surface area contributed by atoms with E-state index in [2.05, 4.69) is 72.8 Å². The van der Waals surface area contributed by atoms with Crippen molar-refractivity contribution in [3.05, 3.63) is 78.2 Å². The second kappa shape index (κ2) is 7.79. The molecule has 1 heterocycles. The molecule has 0 spiro atoms. The molecule has 2 heteroatoms. The lowest BCUT2D eigenvalue weighted by Crippen LogP contribution is -2.14. The Morgan fingerprint density at radius 3 is 1.72 bits per heavy atom. The lowest BCUT2D eigenvalue weighted by atomic mass is 9.96. The summed E-state index contributed by atoms with van der Waals surface area (Å²) in [6, 6.07) is 26.3. The summed E-state index contributed by atoms with van der Waals surface area (Å²) in [4.78, 5) is 7.67. The van der Waals surface area contributed by atoms with Crippen LogP contribution in [-0.4, -0.2) is 6.04 Å². The molecule has 0 aliphatic heterocycles. The highest BCUT2D eigenvalue weighted by Crippen LogP contribution is 2.30. The topological polar surface area (TPSA) is 12.4 Å². The molecule has 0 amide bonds. The minimum atomic E-state index is 0.494. The van der Waals surface area contributed by atoms with Gasteiger partial charge in [-0.2, -0.15) is 0 Å². The van der Waals surface area contributed by atoms with Crippen molar-refractivity contribution in [1.82, 2.24) is 0 Å². The fourth-order valence-corrected chi connectivity index (χ4v) is 4.58. The van der Waals surface area contributed by atoms with Crippen LogP contribution < -0.4 is 5.36 Å². The second-order valence-corrected chi connectivity index (χ2v) is 7.78. The summed E-state index contributed by atoms with van der Waals surface area (Å²) in [5.41, 5.74) is 2.54. The van der Waals surface area contributed by atoms with Crippen LogP contribution in [0.15, 0.2) is 77.8 Å². The van der Waals surface area contributed by atoms with E-state index in [0.29, 0.717) is 6.04 Å². The Kier molecular flexibility index (Phi) is 5.08. The van der Waals surface area contributed by atoms with Gasteiger partial charge >= 0.3 is 0 Å². The SMILES string of the molecule is c1ccc(-c2cc(=NC3CCCCC3)cc(-c3ccccc3)s2)cc1. The summed E-state index contributed by atoms with van der Waals surface area (Å²) in [7, 11) is 0. The molecule has 0 radical (unpaired) electrons. The quantitative estimate of drug-likeness (QED) is 0.527. The van der Waals surface area contributed by atoms with E-state index in [-0.39, 0.29) is 0 Å². The summed E-state index contributed by atoms with van der Waals surface area (Å²) in [6.45, 7) is 0. The van der Waals surface area contributed by atoms with E-state index in [1.165, 1.54) is 53.0 Å². The summed E-state index contributed by atoms with van der Waals surface area (Å²) in [5.74, 6) is 0. The zero-order valence-electron chi connectivity index (χ0n) is 14.4. The maximum absolute atomic E-state index is 5.10. The van der Waals surface area contributed by atoms with Crippen molar-refractivity contribution >= 4 is 11.3 Å². The standard InChI is InChI=1S/C23H23NS/c1-4-10-18(11-5-1)22-16-21(24-20-14-8-3-9-15-20)17-23(25-22)19-12-6-2-7-13-19/h1-2,4-7,10-13,16-17,20H,3,8-9,14-15H2. The van der Waals surface area contributed by atoms with Crippen molar-refractivity contribution in [3.8, 4) is 20.9 Å². The first-order chi connectivity index (χ1) is 12.4. The van der Waals surface area contributed by atoms with Gasteiger partial charge in [0.1, 0.15) is 0 Å². The van der Waals surface area contributed by atoms with Crippen molar-refractivity contribution in [3.63, 3.8) is 0 Å². The number of hydrogen-bond donors (Lipinski definition) is 0. The number of rotatable bonds is 3. The average Bonchev–Trinajstić information content (AvgIpc) is 2.70. The molecule has 1 aliphatic rings. The summed E-state index contributed by atoms with van der Waals surface area (Å²) in [6.07, 6.45) is 6.48. The first kappa shape index (κ1) is 16.3. The molecule has 1 fully saturated rings. The number of hydrogen-bond acceptors (Lipinski definition) is 2. The van der Waals surface area contributed by atoms with Crippen molar-refractivity contribution < 1.29 is 0 Å². The van der Waals surface area contributed by atoms with Gasteiger partial charge in [-0.1, -0.05) is 79.9 Å². The molecule has 25 heavy (non-hydrogen) atoms. The van der Waals surface area contributed by atoms with Crippen LogP contribution >= 0.6 is 11.3 Å². The molecular weight excluding hydrogens is 322 g/mol. The Hall–Kier alpha value is -2.19. The van der Waals surface area contributed by atoms with E-state index in [0.717, 1.165) is 5.36 Å². The monoisotopic (exact) mass is 345 g/mol. The minimum absolute atomic E-state index is 0.494. The van der Waals surface area contributed by atoms with Gasteiger partial charge < -0.3 is 0 Å². The Balaban J connectivity index is 1.82. The van der Waals surface area contributed by atoms with Gasteiger partial charge in [0.25, 0.3) is 0 Å². The van der Waals surface area contributed by atoms with E-state index in [1.54, 1.807) is 0 Å². The highest BCUT2D eigenvalue weighted by molar-refractivity contribution is 7.18. The van der Waals surface area contributed by atoms with Gasteiger partial charge in [0, 0.05) is 9.75 Å². The molecular formula is C23H23NS. The van der Waals surface area contributed by atoms with E-state index < -0.39 is 0 Å². The number of benzene rings is 2. The molecule has 1 nitrogen and oxygen atoms in total. The molecule has 0 unspecified atom stereocenters. The molecule has 1 aliphatic carbocycles. The smallest absolute Gasteiger partial charge is 0.0606 e. The first-order valence-electron chi connectivity index (χ1n) is 9.18.